The zero-order valence-electron chi connectivity index (χ0n) is 17.1. The average molecular weight is 525 g/mol. The largest absolute Gasteiger partial charge is 0.482 e. The average Bonchev–Trinajstić information content (AvgIpc) is 3.20. The van der Waals surface area contributed by atoms with Crippen LogP contribution in [0.1, 0.15) is 25.6 Å². The predicted molar refractivity (Wildman–Crippen MR) is 126 cm³/mol. The van der Waals surface area contributed by atoms with Gasteiger partial charge in [0.2, 0.25) is 0 Å². The molecule has 0 saturated carbocycles. The van der Waals surface area contributed by atoms with Crippen molar-refractivity contribution in [1.29, 1.82) is 0 Å². The van der Waals surface area contributed by atoms with Crippen LogP contribution in [0.3, 0.4) is 0 Å². The molecule has 4 rings (SSSR count). The summed E-state index contributed by atoms with van der Waals surface area (Å²) < 4.78 is 7.45. The van der Waals surface area contributed by atoms with Crippen molar-refractivity contribution in [2.75, 3.05) is 31.1 Å². The fraction of sp³-hybridized carbons (Fsp3) is 0.500. The maximum Gasteiger partial charge on any atom is 0.265 e. The number of carbonyl (C=O) groups excluding carboxylic acids is 1. The Morgan fingerprint density at radius 2 is 2.23 bits per heavy atom. The van der Waals surface area contributed by atoms with Crippen LogP contribution in [0.4, 0.5) is 5.69 Å². The Labute approximate surface area is 193 Å². The van der Waals surface area contributed by atoms with Crippen molar-refractivity contribution >= 4 is 41.5 Å². The van der Waals surface area contributed by atoms with E-state index < -0.39 is 0 Å². The maximum absolute atomic E-state index is 12.3. The quantitative estimate of drug-likeness (QED) is 0.258. The normalized spacial score (nSPS) is 18.0. The third-order valence-electron chi connectivity index (χ3n) is 5.11. The predicted octanol–water partition coefficient (Wildman–Crippen LogP) is 1.58. The lowest BCUT2D eigenvalue weighted by atomic mass is 10.1. The molecule has 9 nitrogen and oxygen atoms in total. The van der Waals surface area contributed by atoms with Crippen molar-refractivity contribution in [1.82, 2.24) is 25.4 Å². The minimum atomic E-state index is -0.0106. The van der Waals surface area contributed by atoms with Crippen molar-refractivity contribution in [2.24, 2.45) is 4.99 Å². The molecule has 1 atom stereocenters. The molecule has 1 aromatic heterocycles. The van der Waals surface area contributed by atoms with E-state index in [0.29, 0.717) is 13.1 Å². The zero-order valence-corrected chi connectivity index (χ0v) is 19.4. The van der Waals surface area contributed by atoms with E-state index in [0.717, 1.165) is 55.6 Å². The van der Waals surface area contributed by atoms with Crippen molar-refractivity contribution in [3.63, 3.8) is 0 Å². The monoisotopic (exact) mass is 525 g/mol. The summed E-state index contributed by atoms with van der Waals surface area (Å²) in [6, 6.07) is 7.92. The van der Waals surface area contributed by atoms with Gasteiger partial charge < -0.3 is 20.3 Å². The van der Waals surface area contributed by atoms with Crippen molar-refractivity contribution in [3.8, 4) is 5.75 Å². The number of aromatic nitrogens is 3. The third kappa shape index (κ3) is 5.21. The summed E-state index contributed by atoms with van der Waals surface area (Å²) in [7, 11) is 0. The summed E-state index contributed by atoms with van der Waals surface area (Å²) >= 11 is 0. The first-order valence-corrected chi connectivity index (χ1v) is 10.2. The number of rotatable bonds is 6. The van der Waals surface area contributed by atoms with Crippen LogP contribution in [-0.4, -0.2) is 58.9 Å². The van der Waals surface area contributed by atoms with Crippen LogP contribution in [0, 0.1) is 0 Å². The second-order valence-electron chi connectivity index (χ2n) is 7.15. The number of nitrogens with zero attached hydrogens (tertiary/aromatic N) is 5. The number of halogens is 1. The molecule has 2 aromatic rings. The van der Waals surface area contributed by atoms with Gasteiger partial charge in [-0.3, -0.25) is 9.79 Å². The summed E-state index contributed by atoms with van der Waals surface area (Å²) in [6.45, 7) is 4.98. The minimum absolute atomic E-state index is 0. The van der Waals surface area contributed by atoms with Crippen LogP contribution in [0.5, 0.6) is 5.75 Å². The van der Waals surface area contributed by atoms with Crippen LogP contribution in [0.25, 0.3) is 0 Å². The van der Waals surface area contributed by atoms with Gasteiger partial charge in [0, 0.05) is 32.1 Å². The summed E-state index contributed by atoms with van der Waals surface area (Å²) in [5, 5.41) is 11.1. The van der Waals surface area contributed by atoms with E-state index >= 15 is 0 Å². The molecule has 0 fully saturated rings. The molecule has 2 aliphatic rings. The Bertz CT molecular complexity index is 886. The van der Waals surface area contributed by atoms with Crippen LogP contribution in [0.15, 0.2) is 35.6 Å². The van der Waals surface area contributed by atoms with Gasteiger partial charge in [0.1, 0.15) is 17.9 Å². The highest BCUT2D eigenvalue weighted by Gasteiger charge is 2.24. The van der Waals surface area contributed by atoms with Gasteiger partial charge in [0.25, 0.3) is 5.91 Å². The number of anilines is 1. The van der Waals surface area contributed by atoms with Gasteiger partial charge in [0.05, 0.1) is 12.2 Å². The molecule has 2 N–H and O–H groups in total. The maximum atomic E-state index is 12.3. The number of ether oxygens (including phenoxy) is 1. The van der Waals surface area contributed by atoms with Gasteiger partial charge in [-0.25, -0.2) is 9.67 Å². The first-order chi connectivity index (χ1) is 14.2. The number of fused-ring (bicyclic) bond motifs is 2. The van der Waals surface area contributed by atoms with Crippen molar-refractivity contribution in [3.05, 3.63) is 36.4 Å². The molecule has 30 heavy (non-hydrogen) atoms. The van der Waals surface area contributed by atoms with Gasteiger partial charge in [-0.1, -0.05) is 12.1 Å². The van der Waals surface area contributed by atoms with Crippen molar-refractivity contribution < 1.29 is 9.53 Å². The first kappa shape index (κ1) is 22.3. The second-order valence-corrected chi connectivity index (χ2v) is 7.15. The number of benzene rings is 1. The molecular weight excluding hydrogens is 497 g/mol. The number of aliphatic imine (C=N–C) groups is 1. The zero-order chi connectivity index (χ0) is 20.1. The first-order valence-electron chi connectivity index (χ1n) is 10.2. The van der Waals surface area contributed by atoms with Gasteiger partial charge in [-0.2, -0.15) is 5.10 Å². The number of aryl methyl sites for hydroxylation is 1. The summed E-state index contributed by atoms with van der Waals surface area (Å²) in [6.07, 6.45) is 4.30. The highest BCUT2D eigenvalue weighted by atomic mass is 127. The van der Waals surface area contributed by atoms with E-state index in [2.05, 4.69) is 27.6 Å². The fourth-order valence-electron chi connectivity index (χ4n) is 3.69. The molecule has 0 radical (unpaired) electrons. The molecule has 0 spiro atoms. The summed E-state index contributed by atoms with van der Waals surface area (Å²) in [5.41, 5.74) is 0.837. The lowest BCUT2D eigenvalue weighted by Gasteiger charge is -2.29. The van der Waals surface area contributed by atoms with E-state index in [1.54, 1.807) is 11.2 Å². The molecule has 0 saturated heterocycles. The molecule has 1 aromatic carbocycles. The molecule has 3 heterocycles. The molecule has 1 amide bonds. The standard InChI is InChI=1S/C20H27N7O2.HI/c1-2-21-20(25-15-8-9-18-23-14-24-27(18)12-15)22-10-5-11-26-16-6-3-4-7-17(16)29-13-19(26)28;/h3-4,6-7,14-15H,2,5,8-13H2,1H3,(H2,21,22,25);1H. The van der Waals surface area contributed by atoms with Gasteiger partial charge >= 0.3 is 0 Å². The molecule has 2 aliphatic heterocycles. The second kappa shape index (κ2) is 10.6. The number of carbonyl (C=O) groups is 1. The third-order valence-corrected chi connectivity index (χ3v) is 5.11. The molecular formula is C20H28IN7O2. The van der Waals surface area contributed by atoms with Crippen LogP contribution in [-0.2, 0) is 17.8 Å². The summed E-state index contributed by atoms with van der Waals surface area (Å²) in [5.74, 6) is 2.59. The Morgan fingerprint density at radius 3 is 3.10 bits per heavy atom. The number of nitrogens with one attached hydrogen (secondary N) is 2. The van der Waals surface area contributed by atoms with E-state index in [9.17, 15) is 4.79 Å². The Morgan fingerprint density at radius 1 is 1.37 bits per heavy atom. The lowest BCUT2D eigenvalue weighted by Crippen LogP contribution is -2.47. The number of para-hydroxylation sites is 2. The molecule has 162 valence electrons. The van der Waals surface area contributed by atoms with E-state index in [4.69, 9.17) is 9.73 Å². The highest BCUT2D eigenvalue weighted by Crippen LogP contribution is 2.31. The van der Waals surface area contributed by atoms with Gasteiger partial charge in [0.15, 0.2) is 12.6 Å². The topological polar surface area (TPSA) is 96.7 Å². The van der Waals surface area contributed by atoms with E-state index in [-0.39, 0.29) is 42.5 Å². The van der Waals surface area contributed by atoms with Gasteiger partial charge in [-0.05, 0) is 31.9 Å². The molecule has 0 aliphatic carbocycles. The molecule has 10 heteroatoms. The Hall–Kier alpha value is -2.37. The Balaban J connectivity index is 0.00000256. The molecule has 1 unspecified atom stereocenters. The number of amides is 1. The summed E-state index contributed by atoms with van der Waals surface area (Å²) in [4.78, 5) is 23.0. The highest BCUT2D eigenvalue weighted by molar-refractivity contribution is 14.0. The smallest absolute Gasteiger partial charge is 0.265 e. The minimum Gasteiger partial charge on any atom is -0.482 e. The molecule has 0 bridgehead atoms. The lowest BCUT2D eigenvalue weighted by molar-refractivity contribution is -0.121. The van der Waals surface area contributed by atoms with Crippen molar-refractivity contribution in [2.45, 2.75) is 38.8 Å². The fourth-order valence-corrected chi connectivity index (χ4v) is 3.69. The van der Waals surface area contributed by atoms with Crippen LogP contribution < -0.4 is 20.3 Å². The number of hydrogen-bond acceptors (Lipinski definition) is 5. The Kier molecular flexibility index (Phi) is 7.88. The van der Waals surface area contributed by atoms with Gasteiger partial charge in [-0.15, -0.1) is 24.0 Å². The van der Waals surface area contributed by atoms with Crippen LogP contribution >= 0.6 is 24.0 Å². The SMILES string of the molecule is CCNC(=NCCCN1C(=O)COc2ccccc21)NC1CCc2ncnn2C1.I. The van der Waals surface area contributed by atoms with E-state index in [1.165, 1.54) is 0 Å². The number of hydrogen-bond donors (Lipinski definition) is 2. The van der Waals surface area contributed by atoms with Crippen LogP contribution in [0.2, 0.25) is 0 Å². The van der Waals surface area contributed by atoms with E-state index in [1.807, 2.05) is 28.9 Å². The number of guanidine groups is 1.